The van der Waals surface area contributed by atoms with Crippen LogP contribution in [0, 0.1) is 5.82 Å². The van der Waals surface area contributed by atoms with E-state index in [0.717, 1.165) is 6.07 Å². The molecule has 0 amide bonds. The van der Waals surface area contributed by atoms with E-state index in [2.05, 4.69) is 10.0 Å². The van der Waals surface area contributed by atoms with Crippen molar-refractivity contribution in [1.29, 1.82) is 0 Å². The fourth-order valence-corrected chi connectivity index (χ4v) is 0.777. The van der Waals surface area contributed by atoms with Crippen molar-refractivity contribution in [3.05, 3.63) is 39.5 Å². The highest BCUT2D eigenvalue weighted by atomic mass is 35.5. The molecule has 0 fully saturated rings. The number of benzene rings is 1. The lowest BCUT2D eigenvalue weighted by Crippen LogP contribution is -1.72. The van der Waals surface area contributed by atoms with Gasteiger partial charge in [0.05, 0.1) is 5.69 Å². The van der Waals surface area contributed by atoms with Gasteiger partial charge in [0.2, 0.25) is 0 Å². The largest absolute Gasteiger partial charge is 0.207 e. The van der Waals surface area contributed by atoms with Gasteiger partial charge in [-0.2, -0.15) is 0 Å². The smallest absolute Gasteiger partial charge is 0.132 e. The van der Waals surface area contributed by atoms with Gasteiger partial charge in [-0.3, -0.25) is 0 Å². The SMILES string of the molecule is [N-]=[N+]=Nc1cc(Cl)ccc1F. The average Bonchev–Trinajstić information content (AvgIpc) is 1.98. The number of rotatable bonds is 1. The predicted molar refractivity (Wildman–Crippen MR) is 40.2 cm³/mol. The molecule has 56 valence electrons. The molecule has 0 aliphatic heterocycles. The number of hydrogen-bond donors (Lipinski definition) is 0. The van der Waals surface area contributed by atoms with E-state index >= 15 is 0 Å². The molecule has 0 aliphatic carbocycles. The van der Waals surface area contributed by atoms with Crippen LogP contribution >= 0.6 is 11.6 Å². The van der Waals surface area contributed by atoms with Gasteiger partial charge >= 0.3 is 0 Å². The van der Waals surface area contributed by atoms with E-state index in [1.54, 1.807) is 0 Å². The van der Waals surface area contributed by atoms with Gasteiger partial charge in [0.1, 0.15) is 5.82 Å². The van der Waals surface area contributed by atoms with Crippen molar-refractivity contribution in [3.63, 3.8) is 0 Å². The first-order valence-corrected chi connectivity index (χ1v) is 3.12. The Labute approximate surface area is 67.0 Å². The lowest BCUT2D eigenvalue weighted by molar-refractivity contribution is 0.629. The van der Waals surface area contributed by atoms with Gasteiger partial charge in [-0.15, -0.1) is 0 Å². The van der Waals surface area contributed by atoms with Crippen LogP contribution in [0.4, 0.5) is 10.1 Å². The first kappa shape index (κ1) is 7.85. The molecular weight excluding hydrogens is 169 g/mol. The Bertz CT molecular complexity index is 320. The van der Waals surface area contributed by atoms with E-state index in [1.807, 2.05) is 0 Å². The Balaban J connectivity index is 3.22. The summed E-state index contributed by atoms with van der Waals surface area (Å²) in [6.45, 7) is 0. The van der Waals surface area contributed by atoms with Gasteiger partial charge in [0.25, 0.3) is 0 Å². The molecule has 0 saturated heterocycles. The third-order valence-electron chi connectivity index (χ3n) is 1.06. The highest BCUT2D eigenvalue weighted by molar-refractivity contribution is 6.30. The molecule has 0 unspecified atom stereocenters. The second-order valence-electron chi connectivity index (χ2n) is 1.79. The van der Waals surface area contributed by atoms with E-state index in [9.17, 15) is 4.39 Å². The molecule has 1 rings (SSSR count). The summed E-state index contributed by atoms with van der Waals surface area (Å²) in [5.41, 5.74) is 7.90. The number of hydrogen-bond acceptors (Lipinski definition) is 1. The molecule has 0 N–H and O–H groups in total. The normalized spacial score (nSPS) is 8.91. The standard InChI is InChI=1S/C6H3ClFN3/c7-4-1-2-5(8)6(3-4)10-11-9/h1-3H. The molecule has 0 aromatic heterocycles. The van der Waals surface area contributed by atoms with Gasteiger partial charge < -0.3 is 0 Å². The number of azide groups is 1. The second-order valence-corrected chi connectivity index (χ2v) is 2.22. The molecule has 1 aromatic carbocycles. The van der Waals surface area contributed by atoms with Crippen LogP contribution in [0.1, 0.15) is 0 Å². The van der Waals surface area contributed by atoms with Crippen molar-refractivity contribution in [2.45, 2.75) is 0 Å². The van der Waals surface area contributed by atoms with Crippen molar-refractivity contribution < 1.29 is 4.39 Å². The van der Waals surface area contributed by atoms with Crippen molar-refractivity contribution in [1.82, 2.24) is 0 Å². The minimum Gasteiger partial charge on any atom is -0.207 e. The maximum absolute atomic E-state index is 12.6. The lowest BCUT2D eigenvalue weighted by Gasteiger charge is -1.93. The van der Waals surface area contributed by atoms with Gasteiger partial charge in [-0.05, 0) is 23.7 Å². The molecule has 0 atom stereocenters. The molecule has 0 aliphatic rings. The first-order valence-electron chi connectivity index (χ1n) is 2.74. The Morgan fingerprint density at radius 3 is 2.91 bits per heavy atom. The zero-order chi connectivity index (χ0) is 8.27. The number of halogens is 2. The fraction of sp³-hybridized carbons (Fsp3) is 0. The molecule has 0 radical (unpaired) electrons. The quantitative estimate of drug-likeness (QED) is 0.353. The zero-order valence-corrected chi connectivity index (χ0v) is 6.09. The Morgan fingerprint density at radius 2 is 2.27 bits per heavy atom. The fourth-order valence-electron chi connectivity index (χ4n) is 0.611. The highest BCUT2D eigenvalue weighted by Crippen LogP contribution is 2.21. The van der Waals surface area contributed by atoms with Gasteiger partial charge in [0.15, 0.2) is 0 Å². The maximum Gasteiger partial charge on any atom is 0.132 e. The van der Waals surface area contributed by atoms with E-state index in [4.69, 9.17) is 17.1 Å². The van der Waals surface area contributed by atoms with Gasteiger partial charge in [0, 0.05) is 9.93 Å². The van der Waals surface area contributed by atoms with Gasteiger partial charge in [-0.25, -0.2) is 4.39 Å². The Morgan fingerprint density at radius 1 is 1.55 bits per heavy atom. The van der Waals surface area contributed by atoms with E-state index in [0.29, 0.717) is 5.02 Å². The summed E-state index contributed by atoms with van der Waals surface area (Å²) in [5.74, 6) is -0.577. The summed E-state index contributed by atoms with van der Waals surface area (Å²) >= 11 is 5.50. The lowest BCUT2D eigenvalue weighted by atomic mass is 10.3. The first-order chi connectivity index (χ1) is 5.24. The topological polar surface area (TPSA) is 48.8 Å². The van der Waals surface area contributed by atoms with Crippen LogP contribution in [0.25, 0.3) is 10.4 Å². The zero-order valence-electron chi connectivity index (χ0n) is 5.33. The summed E-state index contributed by atoms with van der Waals surface area (Å²) in [5, 5.41) is 3.43. The third kappa shape index (κ3) is 1.83. The molecule has 5 heteroatoms. The minimum absolute atomic E-state index is 0.0833. The van der Waals surface area contributed by atoms with Crippen molar-refractivity contribution in [2.24, 2.45) is 5.11 Å². The van der Waals surface area contributed by atoms with Crippen molar-refractivity contribution in [3.8, 4) is 0 Å². The van der Waals surface area contributed by atoms with Crippen LogP contribution in [0.3, 0.4) is 0 Å². The van der Waals surface area contributed by atoms with Crippen LogP contribution in [0.5, 0.6) is 0 Å². The summed E-state index contributed by atoms with van der Waals surface area (Å²) in [4.78, 5) is 2.43. The van der Waals surface area contributed by atoms with Crippen molar-refractivity contribution in [2.75, 3.05) is 0 Å². The van der Waals surface area contributed by atoms with Crippen LogP contribution in [0.15, 0.2) is 23.3 Å². The Hall–Kier alpha value is -1.25. The predicted octanol–water partition coefficient (Wildman–Crippen LogP) is 3.42. The molecule has 1 aromatic rings. The van der Waals surface area contributed by atoms with Crippen LogP contribution in [-0.2, 0) is 0 Å². The molecule has 3 nitrogen and oxygen atoms in total. The van der Waals surface area contributed by atoms with E-state index < -0.39 is 5.82 Å². The Kier molecular flexibility index (Phi) is 2.31. The maximum atomic E-state index is 12.6. The minimum atomic E-state index is -0.577. The summed E-state index contributed by atoms with van der Waals surface area (Å²) in [7, 11) is 0. The van der Waals surface area contributed by atoms with Crippen LogP contribution in [-0.4, -0.2) is 0 Å². The third-order valence-corrected chi connectivity index (χ3v) is 1.30. The molecule has 11 heavy (non-hydrogen) atoms. The molecule has 0 saturated carbocycles. The highest BCUT2D eigenvalue weighted by Gasteiger charge is 1.98. The average molecular weight is 172 g/mol. The van der Waals surface area contributed by atoms with Crippen LogP contribution < -0.4 is 0 Å². The van der Waals surface area contributed by atoms with Gasteiger partial charge in [-0.1, -0.05) is 16.7 Å². The molecular formula is C6H3ClFN3. The monoisotopic (exact) mass is 171 g/mol. The summed E-state index contributed by atoms with van der Waals surface area (Å²) in [6.07, 6.45) is 0. The van der Waals surface area contributed by atoms with E-state index in [-0.39, 0.29) is 5.69 Å². The summed E-state index contributed by atoms with van der Waals surface area (Å²) in [6, 6.07) is 3.79. The number of nitrogens with zero attached hydrogens (tertiary/aromatic N) is 3. The summed E-state index contributed by atoms with van der Waals surface area (Å²) < 4.78 is 12.6. The molecule has 0 heterocycles. The van der Waals surface area contributed by atoms with Crippen LogP contribution in [0.2, 0.25) is 5.02 Å². The molecule has 0 spiro atoms. The van der Waals surface area contributed by atoms with E-state index in [1.165, 1.54) is 12.1 Å². The molecule has 0 bridgehead atoms. The van der Waals surface area contributed by atoms with Crippen molar-refractivity contribution >= 4 is 17.3 Å². The second kappa shape index (κ2) is 3.23.